The Morgan fingerprint density at radius 3 is 2.08 bits per heavy atom. The molecule has 2 unspecified atom stereocenters. The Morgan fingerprint density at radius 1 is 0.635 bits per heavy atom. The van der Waals surface area contributed by atoms with Crippen molar-refractivity contribution < 1.29 is 4.74 Å². The first-order valence-electron chi connectivity index (χ1n) is 18.1. The molecule has 2 heterocycles. The Bertz CT molecular complexity index is 2600. The third-order valence-electron chi connectivity index (χ3n) is 11.1. The summed E-state index contributed by atoms with van der Waals surface area (Å²) in [6.07, 6.45) is 15.2. The van der Waals surface area contributed by atoms with E-state index in [1.807, 2.05) is 17.4 Å². The maximum Gasteiger partial charge on any atom is 0.130 e. The van der Waals surface area contributed by atoms with Gasteiger partial charge in [0.2, 0.25) is 0 Å². The van der Waals surface area contributed by atoms with E-state index in [0.717, 1.165) is 41.4 Å². The molecule has 6 aromatic carbocycles. The zero-order valence-electron chi connectivity index (χ0n) is 29.0. The molecule has 2 nitrogen and oxygen atoms in total. The topological polar surface area (TPSA) is 12.5 Å². The lowest BCUT2D eigenvalue weighted by molar-refractivity contribution is 0.426. The average molecular weight is 688 g/mol. The van der Waals surface area contributed by atoms with Gasteiger partial charge in [0.15, 0.2) is 0 Å². The summed E-state index contributed by atoms with van der Waals surface area (Å²) in [5, 5.41) is 2.65. The fraction of sp³-hybridized carbons (Fsp3) is 0.102. The second-order valence-electron chi connectivity index (χ2n) is 14.4. The van der Waals surface area contributed by atoms with E-state index < -0.39 is 0 Å². The Balaban J connectivity index is 0.991. The van der Waals surface area contributed by atoms with Gasteiger partial charge >= 0.3 is 0 Å². The lowest BCUT2D eigenvalue weighted by Crippen LogP contribution is -2.19. The maximum absolute atomic E-state index is 6.17. The van der Waals surface area contributed by atoms with E-state index in [4.69, 9.17) is 4.74 Å². The van der Waals surface area contributed by atoms with Gasteiger partial charge in [-0.1, -0.05) is 116 Å². The van der Waals surface area contributed by atoms with Gasteiger partial charge in [0.25, 0.3) is 0 Å². The summed E-state index contributed by atoms with van der Waals surface area (Å²) in [7, 11) is 0. The SMILES string of the molecule is CC1(c2ccc(N(c3ccc(C4=CC=C5Oc6ccccc6C5C4)cc3)c3ccc(-c4ccc5sc6ccccc6c5c4)cc3)cc2)C=CC=CC1. The van der Waals surface area contributed by atoms with Crippen LogP contribution in [0.4, 0.5) is 17.1 Å². The normalized spacial score (nSPS) is 18.8. The number of para-hydroxylation sites is 1. The van der Waals surface area contributed by atoms with Gasteiger partial charge in [-0.25, -0.2) is 0 Å². The Kier molecular flexibility index (Phi) is 7.37. The molecule has 0 amide bonds. The molecule has 7 aromatic rings. The summed E-state index contributed by atoms with van der Waals surface area (Å²) in [6, 6.07) is 51.3. The third kappa shape index (κ3) is 5.32. The molecule has 1 aliphatic heterocycles. The molecule has 250 valence electrons. The number of benzene rings is 6. The molecule has 2 atom stereocenters. The monoisotopic (exact) mass is 687 g/mol. The number of ether oxygens (including phenoxy) is 1. The highest BCUT2D eigenvalue weighted by atomic mass is 32.1. The van der Waals surface area contributed by atoms with Crippen LogP contribution in [0.25, 0.3) is 36.9 Å². The van der Waals surface area contributed by atoms with Crippen molar-refractivity contribution in [1.29, 1.82) is 0 Å². The smallest absolute Gasteiger partial charge is 0.130 e. The molecule has 10 rings (SSSR count). The molecule has 0 spiro atoms. The summed E-state index contributed by atoms with van der Waals surface area (Å²) in [5.74, 6) is 2.32. The molecule has 0 bridgehead atoms. The van der Waals surface area contributed by atoms with E-state index in [-0.39, 0.29) is 11.3 Å². The largest absolute Gasteiger partial charge is 0.461 e. The van der Waals surface area contributed by atoms with E-state index in [0.29, 0.717) is 0 Å². The van der Waals surface area contributed by atoms with E-state index in [9.17, 15) is 0 Å². The van der Waals surface area contributed by atoms with Crippen molar-refractivity contribution in [2.75, 3.05) is 4.90 Å². The third-order valence-corrected chi connectivity index (χ3v) is 12.3. The van der Waals surface area contributed by atoms with Gasteiger partial charge in [-0.15, -0.1) is 11.3 Å². The average Bonchev–Trinajstić information content (AvgIpc) is 3.77. The summed E-state index contributed by atoms with van der Waals surface area (Å²) in [5.41, 5.74) is 11.0. The molecule has 3 heteroatoms. The van der Waals surface area contributed by atoms with Crippen molar-refractivity contribution >= 4 is 54.1 Å². The Hall–Kier alpha value is -5.90. The highest BCUT2D eigenvalue weighted by Crippen LogP contribution is 2.48. The van der Waals surface area contributed by atoms with Gasteiger partial charge in [0, 0.05) is 54.1 Å². The number of anilines is 3. The van der Waals surface area contributed by atoms with Crippen molar-refractivity contribution in [3.05, 3.63) is 198 Å². The molecule has 0 saturated heterocycles. The maximum atomic E-state index is 6.17. The van der Waals surface area contributed by atoms with Crippen LogP contribution >= 0.6 is 11.3 Å². The number of hydrogen-bond acceptors (Lipinski definition) is 3. The highest BCUT2D eigenvalue weighted by Gasteiger charge is 2.32. The van der Waals surface area contributed by atoms with Gasteiger partial charge in [-0.2, -0.15) is 0 Å². The van der Waals surface area contributed by atoms with Gasteiger partial charge in [0.05, 0.1) is 0 Å². The van der Waals surface area contributed by atoms with Gasteiger partial charge in [-0.05, 0) is 107 Å². The number of thiophene rings is 1. The van der Waals surface area contributed by atoms with Crippen LogP contribution in [0.5, 0.6) is 5.75 Å². The number of nitrogens with zero attached hydrogens (tertiary/aromatic N) is 1. The summed E-state index contributed by atoms with van der Waals surface area (Å²) >= 11 is 1.86. The Labute approximate surface area is 309 Å². The van der Waals surface area contributed by atoms with E-state index in [2.05, 4.69) is 182 Å². The predicted molar refractivity (Wildman–Crippen MR) is 220 cm³/mol. The first-order valence-corrected chi connectivity index (χ1v) is 19.0. The molecule has 0 saturated carbocycles. The predicted octanol–water partition coefficient (Wildman–Crippen LogP) is 13.8. The molecule has 2 aliphatic carbocycles. The zero-order valence-corrected chi connectivity index (χ0v) is 29.8. The van der Waals surface area contributed by atoms with E-state index >= 15 is 0 Å². The molecule has 1 aromatic heterocycles. The summed E-state index contributed by atoms with van der Waals surface area (Å²) < 4.78 is 8.83. The van der Waals surface area contributed by atoms with Crippen molar-refractivity contribution in [2.24, 2.45) is 0 Å². The van der Waals surface area contributed by atoms with Crippen LogP contribution in [0.1, 0.15) is 42.4 Å². The van der Waals surface area contributed by atoms with Crippen LogP contribution in [-0.2, 0) is 5.41 Å². The molecular weight excluding hydrogens is 651 g/mol. The van der Waals surface area contributed by atoms with Crippen molar-refractivity contribution in [3.8, 4) is 16.9 Å². The van der Waals surface area contributed by atoms with Crippen LogP contribution < -0.4 is 9.64 Å². The summed E-state index contributed by atoms with van der Waals surface area (Å²) in [6.45, 7) is 2.32. The fourth-order valence-corrected chi connectivity index (χ4v) is 9.26. The van der Waals surface area contributed by atoms with Crippen LogP contribution in [0.3, 0.4) is 0 Å². The van der Waals surface area contributed by atoms with Crippen molar-refractivity contribution in [1.82, 2.24) is 0 Å². The van der Waals surface area contributed by atoms with Crippen molar-refractivity contribution in [2.45, 2.75) is 31.1 Å². The van der Waals surface area contributed by atoms with Crippen molar-refractivity contribution in [3.63, 3.8) is 0 Å². The van der Waals surface area contributed by atoms with Crippen LogP contribution in [0.2, 0.25) is 0 Å². The van der Waals surface area contributed by atoms with Gasteiger partial charge < -0.3 is 9.64 Å². The second-order valence-corrected chi connectivity index (χ2v) is 15.4. The molecule has 0 N–H and O–H groups in total. The molecular formula is C49H37NOS. The Morgan fingerprint density at radius 2 is 1.31 bits per heavy atom. The summed E-state index contributed by atoms with van der Waals surface area (Å²) in [4.78, 5) is 2.38. The number of allylic oxidation sites excluding steroid dienone is 8. The molecule has 0 fully saturated rings. The first-order chi connectivity index (χ1) is 25.6. The first kappa shape index (κ1) is 30.9. The minimum atomic E-state index is 0.00316. The minimum Gasteiger partial charge on any atom is -0.461 e. The molecule has 0 radical (unpaired) electrons. The standard InChI is InChI=1S/C49H37NOS/c1-49(29-7-2-8-30-49)37-19-25-40(26-20-37)50(38-21-13-33(14-22-38)35-17-27-46-43(31-35)41-9-3-5-11-45(41)51-46)39-23-15-34(16-24-39)36-18-28-48-44(32-36)42-10-4-6-12-47(42)52-48/h2-29,32,43H,30-31H2,1H3. The lowest BCUT2D eigenvalue weighted by atomic mass is 9.77. The van der Waals surface area contributed by atoms with Gasteiger partial charge in [-0.3, -0.25) is 0 Å². The zero-order chi connectivity index (χ0) is 34.6. The highest BCUT2D eigenvalue weighted by molar-refractivity contribution is 7.25. The lowest BCUT2D eigenvalue weighted by Gasteiger charge is -2.29. The van der Waals surface area contributed by atoms with Gasteiger partial charge in [0.1, 0.15) is 11.5 Å². The van der Waals surface area contributed by atoms with Crippen LogP contribution in [0.15, 0.2) is 182 Å². The quantitative estimate of drug-likeness (QED) is 0.173. The number of fused-ring (bicyclic) bond motifs is 6. The fourth-order valence-electron chi connectivity index (χ4n) is 8.17. The van der Waals surface area contributed by atoms with E-state index in [1.54, 1.807) is 0 Å². The van der Waals surface area contributed by atoms with Crippen LogP contribution in [0, 0.1) is 0 Å². The number of rotatable bonds is 6. The number of hydrogen-bond donors (Lipinski definition) is 0. The van der Waals surface area contributed by atoms with E-state index in [1.165, 1.54) is 53.6 Å². The van der Waals surface area contributed by atoms with Crippen LogP contribution in [-0.4, -0.2) is 0 Å². The molecule has 3 aliphatic rings. The minimum absolute atomic E-state index is 0.00316. The molecule has 52 heavy (non-hydrogen) atoms. The second kappa shape index (κ2) is 12.4.